The van der Waals surface area contributed by atoms with Crippen LogP contribution in [-0.2, 0) is 35.3 Å². The fourth-order valence-electron chi connectivity index (χ4n) is 4.31. The second-order valence-electron chi connectivity index (χ2n) is 10.8. The van der Waals surface area contributed by atoms with Crippen LogP contribution in [0.1, 0.15) is 57.7 Å². The molecule has 4 rings (SSSR count). The summed E-state index contributed by atoms with van der Waals surface area (Å²) in [5.41, 5.74) is 4.16. The summed E-state index contributed by atoms with van der Waals surface area (Å²) in [6.07, 6.45) is 1.39. The number of oxime groups is 1. The highest BCUT2D eigenvalue weighted by Crippen LogP contribution is 2.35. The minimum absolute atomic E-state index is 0.0604. The average Bonchev–Trinajstić information content (AvgIpc) is 3.59. The van der Waals surface area contributed by atoms with E-state index in [1.54, 1.807) is 20.8 Å². The Morgan fingerprint density at radius 2 is 1.90 bits per heavy atom. The topological polar surface area (TPSA) is 183 Å². The van der Waals surface area contributed by atoms with Crippen molar-refractivity contribution in [2.75, 3.05) is 11.9 Å². The van der Waals surface area contributed by atoms with Gasteiger partial charge in [0.05, 0.1) is 6.04 Å². The molecule has 2 fully saturated rings. The van der Waals surface area contributed by atoms with E-state index in [2.05, 4.69) is 26.1 Å². The molecule has 13 nitrogen and oxygen atoms in total. The first-order chi connectivity index (χ1) is 19.5. The molecule has 220 valence electrons. The highest BCUT2D eigenvalue weighted by atomic mass is 32.1. The van der Waals surface area contributed by atoms with Gasteiger partial charge >= 0.3 is 12.1 Å². The molecule has 2 heterocycles. The van der Waals surface area contributed by atoms with Crippen molar-refractivity contribution >= 4 is 46.1 Å². The number of nitrogens with one attached hydrogen (secondary N) is 3. The molecule has 2 aliphatic rings. The van der Waals surface area contributed by atoms with E-state index < -0.39 is 47.2 Å². The van der Waals surface area contributed by atoms with E-state index >= 15 is 0 Å². The summed E-state index contributed by atoms with van der Waals surface area (Å²) in [4.78, 5) is 60.9. The number of aromatic nitrogens is 1. The fourth-order valence-corrected chi connectivity index (χ4v) is 5.00. The van der Waals surface area contributed by atoms with Crippen LogP contribution in [0.4, 0.5) is 9.93 Å². The smallest absolute Gasteiger partial charge is 0.413 e. The number of thiazole rings is 1. The van der Waals surface area contributed by atoms with Gasteiger partial charge < -0.3 is 30.7 Å². The lowest BCUT2D eigenvalue weighted by atomic mass is 9.99. The predicted octanol–water partition coefficient (Wildman–Crippen LogP) is 2.21. The van der Waals surface area contributed by atoms with Crippen LogP contribution < -0.4 is 21.7 Å². The molecule has 14 heteroatoms. The van der Waals surface area contributed by atoms with E-state index in [9.17, 15) is 19.2 Å². The minimum atomic E-state index is -1.39. The van der Waals surface area contributed by atoms with E-state index in [1.165, 1.54) is 5.38 Å². The third-order valence-electron chi connectivity index (χ3n) is 6.43. The maximum atomic E-state index is 13.4. The molecule has 41 heavy (non-hydrogen) atoms. The molecule has 3 amide bonds. The third-order valence-corrected chi connectivity index (χ3v) is 7.19. The number of nitrogens with zero attached hydrogens (tertiary/aromatic N) is 2. The number of carbonyl (C=O) groups excluding carboxylic acids is 4. The summed E-state index contributed by atoms with van der Waals surface area (Å²) < 4.78 is 10.8. The summed E-state index contributed by atoms with van der Waals surface area (Å²) in [5.74, 6) is -1.74. The highest BCUT2D eigenvalue weighted by Gasteiger charge is 2.47. The Morgan fingerprint density at radius 3 is 2.54 bits per heavy atom. The van der Waals surface area contributed by atoms with Crippen molar-refractivity contribution in [3.8, 4) is 0 Å². The number of hydrogen-bond donors (Lipinski definition) is 4. The van der Waals surface area contributed by atoms with Crippen molar-refractivity contribution < 1.29 is 33.5 Å². The van der Waals surface area contributed by atoms with E-state index in [1.807, 2.05) is 30.3 Å². The Labute approximate surface area is 241 Å². The van der Waals surface area contributed by atoms with Gasteiger partial charge in [-0.3, -0.25) is 14.9 Å². The van der Waals surface area contributed by atoms with Crippen molar-refractivity contribution in [2.24, 2.45) is 10.9 Å². The number of β-lactam (4-membered cyclic amide) rings is 1. The van der Waals surface area contributed by atoms with Crippen LogP contribution in [0.25, 0.3) is 0 Å². The summed E-state index contributed by atoms with van der Waals surface area (Å²) in [7, 11) is 0. The molecule has 1 saturated heterocycles. The van der Waals surface area contributed by atoms with Crippen LogP contribution in [0.15, 0.2) is 40.9 Å². The second-order valence-corrected chi connectivity index (χ2v) is 11.6. The Balaban J connectivity index is 1.55. The molecule has 1 aliphatic heterocycles. The van der Waals surface area contributed by atoms with E-state index in [0.717, 1.165) is 16.9 Å². The molecule has 1 saturated carbocycles. The molecule has 2 atom stereocenters. The molecule has 2 unspecified atom stereocenters. The summed E-state index contributed by atoms with van der Waals surface area (Å²) in [5, 5.41) is 13.5. The van der Waals surface area contributed by atoms with Crippen molar-refractivity contribution in [1.82, 2.24) is 15.6 Å². The largest absolute Gasteiger partial charge is 0.458 e. The third kappa shape index (κ3) is 7.58. The molecule has 0 bridgehead atoms. The number of amides is 3. The van der Waals surface area contributed by atoms with Gasteiger partial charge in [0.1, 0.15) is 23.9 Å². The van der Waals surface area contributed by atoms with E-state index in [4.69, 9.17) is 20.0 Å². The van der Waals surface area contributed by atoms with Crippen molar-refractivity contribution in [3.05, 3.63) is 47.0 Å². The van der Waals surface area contributed by atoms with Gasteiger partial charge in [-0.2, -0.15) is 0 Å². The van der Waals surface area contributed by atoms with Crippen LogP contribution >= 0.6 is 11.3 Å². The number of anilines is 1. The zero-order valence-corrected chi connectivity index (χ0v) is 23.9. The molecule has 0 radical (unpaired) electrons. The number of esters is 1. The maximum Gasteiger partial charge on any atom is 0.413 e. The number of ether oxygens (including phenoxy) is 2. The number of benzene rings is 1. The van der Waals surface area contributed by atoms with Crippen LogP contribution in [0.2, 0.25) is 0 Å². The molecular formula is C27H34N6O7S. The van der Waals surface area contributed by atoms with Gasteiger partial charge in [0.15, 0.2) is 10.8 Å². The van der Waals surface area contributed by atoms with E-state index in [0.29, 0.717) is 25.7 Å². The minimum Gasteiger partial charge on any atom is -0.458 e. The van der Waals surface area contributed by atoms with Crippen molar-refractivity contribution in [1.29, 1.82) is 0 Å². The highest BCUT2D eigenvalue weighted by molar-refractivity contribution is 7.14. The lowest BCUT2D eigenvalue weighted by molar-refractivity contribution is -0.173. The Hall–Kier alpha value is -4.04. The van der Waals surface area contributed by atoms with Gasteiger partial charge in [0.2, 0.25) is 11.5 Å². The Morgan fingerprint density at radius 1 is 1.20 bits per heavy atom. The molecule has 1 aliphatic carbocycles. The molecule has 1 aromatic heterocycles. The Kier molecular flexibility index (Phi) is 9.23. The number of rotatable bonds is 10. The van der Waals surface area contributed by atoms with Crippen LogP contribution in [0, 0.1) is 0 Å². The summed E-state index contributed by atoms with van der Waals surface area (Å²) >= 11 is 1.03. The first-order valence-electron chi connectivity index (χ1n) is 13.2. The van der Waals surface area contributed by atoms with Crippen LogP contribution in [0.5, 0.6) is 0 Å². The lowest BCUT2D eigenvalue weighted by Gasteiger charge is -2.36. The first-order valence-corrected chi connectivity index (χ1v) is 14.1. The maximum absolute atomic E-state index is 13.4. The standard InChI is InChI=1S/C27H34N6O7S/c1-26(2,3)39-25(37)32-24-30-18(15-41-24)20(22(35)31-19-17(13-28)29-21(19)34)33-40-27(11-7-8-12-27)23(36)38-14-16-9-5-4-6-10-16/h4-6,9-10,15,17,19H,7-8,11-14,28H2,1-3H3,(H,29,34)(H,31,35)(H,30,32,37). The van der Waals surface area contributed by atoms with Gasteiger partial charge in [-0.25, -0.2) is 14.6 Å². The number of nitrogens with two attached hydrogens (primary N) is 1. The summed E-state index contributed by atoms with van der Waals surface area (Å²) in [6, 6.07) is 7.92. The molecule has 1 aromatic carbocycles. The Bertz CT molecular complexity index is 1300. The second kappa shape index (κ2) is 12.6. The van der Waals surface area contributed by atoms with Gasteiger partial charge in [-0.15, -0.1) is 11.3 Å². The first kappa shape index (κ1) is 29.9. The molecular weight excluding hydrogens is 552 g/mol. The van der Waals surface area contributed by atoms with Crippen LogP contribution in [0.3, 0.4) is 0 Å². The quantitative estimate of drug-likeness (QED) is 0.140. The fraction of sp³-hybridized carbons (Fsp3) is 0.481. The van der Waals surface area contributed by atoms with E-state index in [-0.39, 0.29) is 29.7 Å². The van der Waals surface area contributed by atoms with Crippen molar-refractivity contribution in [2.45, 2.75) is 76.3 Å². The van der Waals surface area contributed by atoms with Gasteiger partial charge in [-0.05, 0) is 39.2 Å². The van der Waals surface area contributed by atoms with Crippen LogP contribution in [-0.4, -0.2) is 64.4 Å². The zero-order valence-electron chi connectivity index (χ0n) is 23.1. The number of hydrogen-bond acceptors (Lipinski definition) is 11. The average molecular weight is 587 g/mol. The zero-order chi connectivity index (χ0) is 29.6. The van der Waals surface area contributed by atoms with Crippen molar-refractivity contribution in [3.63, 3.8) is 0 Å². The monoisotopic (exact) mass is 586 g/mol. The van der Waals surface area contributed by atoms with Gasteiger partial charge in [0.25, 0.3) is 5.91 Å². The summed E-state index contributed by atoms with van der Waals surface area (Å²) in [6.45, 7) is 5.35. The predicted molar refractivity (Wildman–Crippen MR) is 150 cm³/mol. The number of carbonyl (C=O) groups is 4. The SMILES string of the molecule is CC(C)(C)OC(=O)Nc1nc(C(=NOC2(C(=O)OCc3ccccc3)CCCC2)C(=O)NC2C(=O)NC2CN)cs1. The molecule has 0 spiro atoms. The lowest BCUT2D eigenvalue weighted by Crippen LogP contribution is -2.71. The van der Waals surface area contributed by atoms with Gasteiger partial charge in [0, 0.05) is 24.8 Å². The van der Waals surface area contributed by atoms with Gasteiger partial charge in [-0.1, -0.05) is 35.5 Å². The molecule has 2 aromatic rings. The molecule has 5 N–H and O–H groups in total. The normalized spacial score (nSPS) is 19.9.